The van der Waals surface area contributed by atoms with Gasteiger partial charge in [-0.15, -0.1) is 0 Å². The van der Waals surface area contributed by atoms with Crippen molar-refractivity contribution < 1.29 is 9.90 Å². The number of benzene rings is 1. The molecule has 0 spiro atoms. The van der Waals surface area contributed by atoms with E-state index in [1.165, 1.54) is 12.3 Å². The number of nitrogen functional groups attached to an aromatic ring is 1. The number of anilines is 4. The van der Waals surface area contributed by atoms with Gasteiger partial charge in [0.05, 0.1) is 11.3 Å². The second kappa shape index (κ2) is 5.48. The van der Waals surface area contributed by atoms with Gasteiger partial charge >= 0.3 is 5.97 Å². The molecule has 1 aromatic heterocycles. The minimum atomic E-state index is -1.05. The number of nitrogens with one attached hydrogen (secondary N) is 1. The van der Waals surface area contributed by atoms with Crippen LogP contribution < -0.4 is 16.0 Å². The topological polar surface area (TPSA) is 91.5 Å². The van der Waals surface area contributed by atoms with Crippen molar-refractivity contribution >= 4 is 28.8 Å². The molecule has 0 unspecified atom stereocenters. The summed E-state index contributed by atoms with van der Waals surface area (Å²) in [6.07, 6.45) is 1.27. The molecule has 0 saturated carbocycles. The molecule has 2 rings (SSSR count). The molecule has 0 aliphatic heterocycles. The molecule has 1 heterocycles. The third kappa shape index (κ3) is 2.97. The highest BCUT2D eigenvalue weighted by Gasteiger charge is 2.08. The van der Waals surface area contributed by atoms with Crippen LogP contribution in [0.15, 0.2) is 36.5 Å². The Morgan fingerprint density at radius 2 is 2.10 bits per heavy atom. The van der Waals surface area contributed by atoms with E-state index < -0.39 is 5.97 Å². The number of aromatic nitrogens is 1. The Morgan fingerprint density at radius 3 is 2.70 bits per heavy atom. The van der Waals surface area contributed by atoms with Gasteiger partial charge in [0.25, 0.3) is 0 Å². The first kappa shape index (κ1) is 13.7. The molecule has 6 heteroatoms. The van der Waals surface area contributed by atoms with Gasteiger partial charge in [-0.1, -0.05) is 6.07 Å². The van der Waals surface area contributed by atoms with Crippen molar-refractivity contribution in [2.75, 3.05) is 30.0 Å². The molecule has 1 aromatic carbocycles. The van der Waals surface area contributed by atoms with Crippen LogP contribution in [-0.2, 0) is 0 Å². The van der Waals surface area contributed by atoms with E-state index in [9.17, 15) is 4.79 Å². The lowest BCUT2D eigenvalue weighted by Crippen LogP contribution is -2.09. The van der Waals surface area contributed by atoms with E-state index in [0.717, 1.165) is 11.4 Å². The average Bonchev–Trinajstić information content (AvgIpc) is 2.41. The van der Waals surface area contributed by atoms with E-state index in [1.54, 1.807) is 0 Å². The lowest BCUT2D eigenvalue weighted by Gasteiger charge is -2.14. The number of rotatable bonds is 4. The summed E-state index contributed by atoms with van der Waals surface area (Å²) >= 11 is 0. The van der Waals surface area contributed by atoms with Crippen LogP contribution in [0.25, 0.3) is 0 Å². The lowest BCUT2D eigenvalue weighted by atomic mass is 10.2. The van der Waals surface area contributed by atoms with Crippen LogP contribution in [0, 0.1) is 0 Å². The van der Waals surface area contributed by atoms with Crippen molar-refractivity contribution in [3.63, 3.8) is 0 Å². The molecule has 0 saturated heterocycles. The van der Waals surface area contributed by atoms with E-state index >= 15 is 0 Å². The number of carboxylic acid groups (broad SMARTS) is 1. The summed E-state index contributed by atoms with van der Waals surface area (Å²) in [5.41, 5.74) is 8.03. The molecule has 0 aliphatic carbocycles. The van der Waals surface area contributed by atoms with E-state index in [4.69, 9.17) is 10.8 Å². The predicted molar refractivity (Wildman–Crippen MR) is 79.7 cm³/mol. The first-order valence-corrected chi connectivity index (χ1v) is 6.00. The standard InChI is InChI=1S/C14H16N4O2/c1-18(2)11-5-3-4-10(7-11)17-13-12(15)6-9(8-16-13)14(19)20/h3-8H,15H2,1-2H3,(H,16,17)(H,19,20). The van der Waals surface area contributed by atoms with Crippen molar-refractivity contribution in [1.82, 2.24) is 4.98 Å². The minimum Gasteiger partial charge on any atom is -0.478 e. The van der Waals surface area contributed by atoms with Crippen molar-refractivity contribution in [3.8, 4) is 0 Å². The SMILES string of the molecule is CN(C)c1cccc(Nc2ncc(C(=O)O)cc2N)c1. The maximum absolute atomic E-state index is 10.8. The van der Waals surface area contributed by atoms with E-state index in [-0.39, 0.29) is 5.56 Å². The fourth-order valence-corrected chi connectivity index (χ4v) is 1.70. The van der Waals surface area contributed by atoms with Gasteiger partial charge < -0.3 is 21.1 Å². The molecule has 0 atom stereocenters. The predicted octanol–water partition coefficient (Wildman–Crippen LogP) is 2.17. The molecular formula is C14H16N4O2. The van der Waals surface area contributed by atoms with Crippen molar-refractivity contribution in [2.45, 2.75) is 0 Å². The molecule has 104 valence electrons. The zero-order chi connectivity index (χ0) is 14.7. The summed E-state index contributed by atoms with van der Waals surface area (Å²) in [5.74, 6) is -0.615. The van der Waals surface area contributed by atoms with Gasteiger partial charge in [0, 0.05) is 31.7 Å². The monoisotopic (exact) mass is 272 g/mol. The zero-order valence-corrected chi connectivity index (χ0v) is 11.3. The summed E-state index contributed by atoms with van der Waals surface area (Å²) in [5, 5.41) is 11.9. The molecule has 0 aliphatic rings. The first-order chi connectivity index (χ1) is 9.47. The van der Waals surface area contributed by atoms with Gasteiger partial charge in [-0.05, 0) is 24.3 Å². The molecular weight excluding hydrogens is 256 g/mol. The fraction of sp³-hybridized carbons (Fsp3) is 0.143. The number of hydrogen-bond donors (Lipinski definition) is 3. The molecule has 0 fully saturated rings. The first-order valence-electron chi connectivity index (χ1n) is 6.00. The molecule has 4 N–H and O–H groups in total. The molecule has 6 nitrogen and oxygen atoms in total. The van der Waals surface area contributed by atoms with Crippen LogP contribution in [0.5, 0.6) is 0 Å². The summed E-state index contributed by atoms with van der Waals surface area (Å²) in [7, 11) is 3.90. The molecule has 2 aromatic rings. The average molecular weight is 272 g/mol. The van der Waals surface area contributed by atoms with Gasteiger partial charge in [0.1, 0.15) is 0 Å². The number of carbonyl (C=O) groups is 1. The third-order valence-electron chi connectivity index (χ3n) is 2.79. The van der Waals surface area contributed by atoms with Crippen LogP contribution in [0.2, 0.25) is 0 Å². The Bertz CT molecular complexity index is 641. The van der Waals surface area contributed by atoms with Crippen molar-refractivity contribution in [2.24, 2.45) is 0 Å². The lowest BCUT2D eigenvalue weighted by molar-refractivity contribution is 0.0696. The maximum Gasteiger partial charge on any atom is 0.337 e. The van der Waals surface area contributed by atoms with E-state index in [0.29, 0.717) is 11.5 Å². The van der Waals surface area contributed by atoms with Crippen LogP contribution in [0.4, 0.5) is 22.9 Å². The third-order valence-corrected chi connectivity index (χ3v) is 2.79. The van der Waals surface area contributed by atoms with Crippen molar-refractivity contribution in [1.29, 1.82) is 0 Å². The number of carboxylic acids is 1. The minimum absolute atomic E-state index is 0.0649. The summed E-state index contributed by atoms with van der Waals surface area (Å²) in [6, 6.07) is 9.12. The number of nitrogens with zero attached hydrogens (tertiary/aromatic N) is 2. The van der Waals surface area contributed by atoms with Gasteiger partial charge in [0.2, 0.25) is 0 Å². The maximum atomic E-state index is 10.8. The van der Waals surface area contributed by atoms with Crippen LogP contribution in [-0.4, -0.2) is 30.2 Å². The van der Waals surface area contributed by atoms with Crippen LogP contribution in [0.3, 0.4) is 0 Å². The number of nitrogens with two attached hydrogens (primary N) is 1. The Hall–Kier alpha value is -2.76. The Kier molecular flexibility index (Phi) is 3.74. The molecule has 0 bridgehead atoms. The van der Waals surface area contributed by atoms with Gasteiger partial charge in [-0.25, -0.2) is 9.78 Å². The van der Waals surface area contributed by atoms with Gasteiger partial charge in [-0.3, -0.25) is 0 Å². The van der Waals surface area contributed by atoms with E-state index in [2.05, 4.69) is 10.3 Å². The number of hydrogen-bond acceptors (Lipinski definition) is 5. The highest BCUT2D eigenvalue weighted by atomic mass is 16.4. The van der Waals surface area contributed by atoms with E-state index in [1.807, 2.05) is 43.3 Å². The Morgan fingerprint density at radius 1 is 1.35 bits per heavy atom. The number of aromatic carboxylic acids is 1. The largest absolute Gasteiger partial charge is 0.478 e. The van der Waals surface area contributed by atoms with Crippen LogP contribution >= 0.6 is 0 Å². The highest BCUT2D eigenvalue weighted by Crippen LogP contribution is 2.24. The zero-order valence-electron chi connectivity index (χ0n) is 11.3. The van der Waals surface area contributed by atoms with Gasteiger partial charge in [0.15, 0.2) is 5.82 Å². The smallest absolute Gasteiger partial charge is 0.337 e. The fourth-order valence-electron chi connectivity index (χ4n) is 1.70. The Balaban J connectivity index is 2.26. The highest BCUT2D eigenvalue weighted by molar-refractivity contribution is 5.89. The molecule has 20 heavy (non-hydrogen) atoms. The second-order valence-electron chi connectivity index (χ2n) is 4.54. The Labute approximate surface area is 116 Å². The molecule has 0 amide bonds. The van der Waals surface area contributed by atoms with Crippen molar-refractivity contribution in [3.05, 3.63) is 42.1 Å². The van der Waals surface area contributed by atoms with Crippen LogP contribution in [0.1, 0.15) is 10.4 Å². The normalized spacial score (nSPS) is 10.1. The summed E-state index contributed by atoms with van der Waals surface area (Å²) in [6.45, 7) is 0. The summed E-state index contributed by atoms with van der Waals surface area (Å²) in [4.78, 5) is 16.8. The number of pyridine rings is 1. The molecule has 0 radical (unpaired) electrons. The quantitative estimate of drug-likeness (QED) is 0.790. The second-order valence-corrected chi connectivity index (χ2v) is 4.54. The summed E-state index contributed by atoms with van der Waals surface area (Å²) < 4.78 is 0. The van der Waals surface area contributed by atoms with Gasteiger partial charge in [-0.2, -0.15) is 0 Å².